The minimum Gasteiger partial charge on any atom is -0.287 e. The van der Waals surface area contributed by atoms with Crippen LogP contribution in [0.25, 0.3) is 0 Å². The lowest BCUT2D eigenvalue weighted by molar-refractivity contribution is -0.110. The summed E-state index contributed by atoms with van der Waals surface area (Å²) in [6, 6.07) is 0. The zero-order valence-electron chi connectivity index (χ0n) is 5.96. The van der Waals surface area contributed by atoms with Gasteiger partial charge in [0, 0.05) is 12.7 Å². The van der Waals surface area contributed by atoms with Crippen molar-refractivity contribution in [2.24, 2.45) is 0 Å². The maximum atomic E-state index is 10.6. The van der Waals surface area contributed by atoms with Gasteiger partial charge in [0.05, 0.1) is 5.75 Å². The highest BCUT2D eigenvalue weighted by atomic mass is 32.2. The van der Waals surface area contributed by atoms with Gasteiger partial charge in [0.1, 0.15) is 9.84 Å². The molecule has 0 saturated carbocycles. The molecule has 0 rings (SSSR count). The van der Waals surface area contributed by atoms with Crippen LogP contribution in [0.3, 0.4) is 0 Å². The van der Waals surface area contributed by atoms with E-state index in [9.17, 15) is 13.2 Å². The van der Waals surface area contributed by atoms with Crippen LogP contribution in [0.2, 0.25) is 0 Å². The molecule has 0 aliphatic rings. The Morgan fingerprint density at radius 3 is 2.30 bits per heavy atom. The lowest BCUT2D eigenvalue weighted by Gasteiger charge is -1.93. The third kappa shape index (κ3) is 6.10. The average molecular weight is 182 g/mol. The highest BCUT2D eigenvalue weighted by Gasteiger charge is 2.05. The number of rotatable bonds is 3. The molecule has 0 saturated heterocycles. The van der Waals surface area contributed by atoms with E-state index in [1.54, 1.807) is 6.26 Å². The molecule has 0 fully saturated rings. The van der Waals surface area contributed by atoms with Gasteiger partial charge in [-0.1, -0.05) is 11.8 Å². The highest BCUT2D eigenvalue weighted by Crippen LogP contribution is 2.00. The van der Waals surface area contributed by atoms with Crippen molar-refractivity contribution >= 4 is 26.7 Å². The van der Waals surface area contributed by atoms with Crippen LogP contribution in [0.4, 0.5) is 0 Å². The molecule has 0 heterocycles. The van der Waals surface area contributed by atoms with Gasteiger partial charge in [0.2, 0.25) is 0 Å². The zero-order chi connectivity index (χ0) is 8.20. The van der Waals surface area contributed by atoms with Gasteiger partial charge >= 0.3 is 0 Å². The van der Waals surface area contributed by atoms with Crippen LogP contribution in [0, 0.1) is 0 Å². The van der Waals surface area contributed by atoms with Crippen LogP contribution in [0.15, 0.2) is 0 Å². The number of carbonyl (C=O) groups excluding carboxylic acids is 1. The lowest BCUT2D eigenvalue weighted by Crippen LogP contribution is -2.06. The summed E-state index contributed by atoms with van der Waals surface area (Å²) >= 11 is 1.06. The van der Waals surface area contributed by atoms with E-state index in [0.29, 0.717) is 0 Å². The highest BCUT2D eigenvalue weighted by molar-refractivity contribution is 8.13. The maximum Gasteiger partial charge on any atom is 0.189 e. The fraction of sp³-hybridized carbons (Fsp3) is 0.800. The van der Waals surface area contributed by atoms with Gasteiger partial charge in [0.25, 0.3) is 0 Å². The molecule has 10 heavy (non-hydrogen) atoms. The van der Waals surface area contributed by atoms with Crippen molar-refractivity contribution in [2.45, 2.75) is 6.42 Å². The normalized spacial score (nSPS) is 11.4. The fourth-order valence-corrected chi connectivity index (χ4v) is 1.36. The number of hydrogen-bond donors (Lipinski definition) is 0. The van der Waals surface area contributed by atoms with Crippen molar-refractivity contribution < 1.29 is 13.2 Å². The molecule has 5 heteroatoms. The van der Waals surface area contributed by atoms with E-state index in [2.05, 4.69) is 0 Å². The molecule has 0 atom stereocenters. The Kier molecular flexibility index (Phi) is 3.96. The first kappa shape index (κ1) is 9.97. The Morgan fingerprint density at radius 1 is 1.50 bits per heavy atom. The summed E-state index contributed by atoms with van der Waals surface area (Å²) in [7, 11) is -2.96. The zero-order valence-corrected chi connectivity index (χ0v) is 7.59. The van der Waals surface area contributed by atoms with Crippen molar-refractivity contribution in [1.82, 2.24) is 0 Å². The van der Waals surface area contributed by atoms with Crippen molar-refractivity contribution in [1.29, 1.82) is 0 Å². The molecule has 0 aliphatic heterocycles. The summed E-state index contributed by atoms with van der Waals surface area (Å²) < 4.78 is 21.0. The molecule has 0 unspecified atom stereocenters. The minimum atomic E-state index is -2.96. The predicted octanol–water partition coefficient (Wildman–Crippen LogP) is 0.311. The molecule has 60 valence electrons. The maximum absolute atomic E-state index is 10.6. The monoisotopic (exact) mass is 182 g/mol. The molecule has 0 spiro atoms. The SMILES string of the molecule is CSC(=O)CCS(C)(=O)=O. The molecule has 0 aliphatic carbocycles. The number of carbonyl (C=O) groups is 1. The molecule has 0 radical (unpaired) electrons. The van der Waals surface area contributed by atoms with Gasteiger partial charge < -0.3 is 0 Å². The molecule has 0 aromatic rings. The molecule has 0 aromatic carbocycles. The van der Waals surface area contributed by atoms with Crippen LogP contribution in [-0.4, -0.2) is 31.8 Å². The van der Waals surface area contributed by atoms with E-state index in [4.69, 9.17) is 0 Å². The van der Waals surface area contributed by atoms with Crippen LogP contribution < -0.4 is 0 Å². The van der Waals surface area contributed by atoms with Crippen LogP contribution in [0.5, 0.6) is 0 Å². The van der Waals surface area contributed by atoms with Gasteiger partial charge in [-0.3, -0.25) is 4.79 Å². The van der Waals surface area contributed by atoms with Crippen molar-refractivity contribution in [3.05, 3.63) is 0 Å². The van der Waals surface area contributed by atoms with Gasteiger partial charge in [0.15, 0.2) is 5.12 Å². The molecule has 0 aromatic heterocycles. The van der Waals surface area contributed by atoms with Gasteiger partial charge in [-0.15, -0.1) is 0 Å². The largest absolute Gasteiger partial charge is 0.287 e. The first-order valence-corrected chi connectivity index (χ1v) is 5.99. The summed E-state index contributed by atoms with van der Waals surface area (Å²) in [5.41, 5.74) is 0. The second-order valence-electron chi connectivity index (χ2n) is 1.96. The average Bonchev–Trinajstić information content (AvgIpc) is 1.81. The van der Waals surface area contributed by atoms with Crippen molar-refractivity contribution in [3.63, 3.8) is 0 Å². The van der Waals surface area contributed by atoms with Crippen LogP contribution in [-0.2, 0) is 14.6 Å². The summed E-state index contributed by atoms with van der Waals surface area (Å²) in [5, 5.41) is -0.0783. The first-order valence-electron chi connectivity index (χ1n) is 2.70. The Labute approximate surface area is 65.1 Å². The number of thioether (sulfide) groups is 1. The second kappa shape index (κ2) is 3.98. The van der Waals surface area contributed by atoms with Gasteiger partial charge in [-0.05, 0) is 6.26 Å². The molecular formula is C5H10O3S2. The third-order valence-electron chi connectivity index (χ3n) is 0.905. The Balaban J connectivity index is 3.67. The predicted molar refractivity (Wildman–Crippen MR) is 42.8 cm³/mol. The second-order valence-corrected chi connectivity index (χ2v) is 5.08. The molecule has 0 N–H and O–H groups in total. The van der Waals surface area contributed by atoms with E-state index < -0.39 is 9.84 Å². The first-order chi connectivity index (χ1) is 4.45. The molecule has 0 bridgehead atoms. The Morgan fingerprint density at radius 2 is 2.00 bits per heavy atom. The third-order valence-corrected chi connectivity index (χ3v) is 2.51. The Bertz CT molecular complexity index is 205. The van der Waals surface area contributed by atoms with E-state index in [-0.39, 0.29) is 17.3 Å². The summed E-state index contributed by atoms with van der Waals surface area (Å²) in [5.74, 6) is -0.0350. The Hall–Kier alpha value is -0.0300. The number of sulfone groups is 1. The van der Waals surface area contributed by atoms with Crippen LogP contribution in [0.1, 0.15) is 6.42 Å². The summed E-state index contributed by atoms with van der Waals surface area (Å²) in [6.07, 6.45) is 2.89. The minimum absolute atomic E-state index is 0.0350. The molecular weight excluding hydrogens is 172 g/mol. The standard InChI is InChI=1S/C5H10O3S2/c1-9-5(6)3-4-10(2,7)8/h3-4H2,1-2H3. The topological polar surface area (TPSA) is 51.2 Å². The van der Waals surface area contributed by atoms with E-state index in [1.807, 2.05) is 0 Å². The smallest absolute Gasteiger partial charge is 0.189 e. The summed E-state index contributed by atoms with van der Waals surface area (Å²) in [4.78, 5) is 10.6. The summed E-state index contributed by atoms with van der Waals surface area (Å²) in [6.45, 7) is 0. The van der Waals surface area contributed by atoms with E-state index >= 15 is 0 Å². The quantitative estimate of drug-likeness (QED) is 0.630. The van der Waals surface area contributed by atoms with Crippen molar-refractivity contribution in [3.8, 4) is 0 Å². The van der Waals surface area contributed by atoms with E-state index in [1.165, 1.54) is 0 Å². The van der Waals surface area contributed by atoms with Crippen molar-refractivity contribution in [2.75, 3.05) is 18.3 Å². The van der Waals surface area contributed by atoms with Gasteiger partial charge in [-0.25, -0.2) is 8.42 Å². The lowest BCUT2D eigenvalue weighted by atomic mass is 10.5. The number of hydrogen-bond acceptors (Lipinski definition) is 4. The van der Waals surface area contributed by atoms with Gasteiger partial charge in [-0.2, -0.15) is 0 Å². The molecule has 0 amide bonds. The fourth-order valence-electron chi connectivity index (χ4n) is 0.371. The molecule has 3 nitrogen and oxygen atoms in total. The van der Waals surface area contributed by atoms with Crippen LogP contribution >= 0.6 is 11.8 Å². The van der Waals surface area contributed by atoms with E-state index in [0.717, 1.165) is 18.0 Å².